The highest BCUT2D eigenvalue weighted by Crippen LogP contribution is 2.34. The normalized spacial score (nSPS) is 17.2. The van der Waals surface area contributed by atoms with E-state index in [0.717, 1.165) is 23.8 Å². The topological polar surface area (TPSA) is 22.1 Å². The van der Waals surface area contributed by atoms with Crippen molar-refractivity contribution in [2.45, 2.75) is 51.0 Å². The molecule has 2 nitrogen and oxygen atoms in total. The number of aromatic nitrogens is 1. The summed E-state index contributed by atoms with van der Waals surface area (Å²) >= 11 is 1.64. The fourth-order valence-electron chi connectivity index (χ4n) is 2.98. The molecule has 3 heteroatoms. The van der Waals surface area contributed by atoms with E-state index in [2.05, 4.69) is 41.6 Å². The standard InChI is InChI=1S/C17H21NOS/c1-13(10-16-11-20-12-18-16)19-17-8-6-15(7-9-17)14-4-2-3-5-14/h6-9,11-14H,2-5,10H2,1H3. The molecule has 0 saturated heterocycles. The summed E-state index contributed by atoms with van der Waals surface area (Å²) in [4.78, 5) is 4.30. The van der Waals surface area contributed by atoms with Crippen LogP contribution in [-0.2, 0) is 6.42 Å². The van der Waals surface area contributed by atoms with Crippen molar-refractivity contribution in [3.05, 3.63) is 46.4 Å². The predicted molar refractivity (Wildman–Crippen MR) is 83.6 cm³/mol. The number of rotatable bonds is 5. The molecule has 20 heavy (non-hydrogen) atoms. The highest BCUT2D eigenvalue weighted by molar-refractivity contribution is 7.07. The van der Waals surface area contributed by atoms with Gasteiger partial charge >= 0.3 is 0 Å². The number of benzene rings is 1. The largest absolute Gasteiger partial charge is 0.490 e. The van der Waals surface area contributed by atoms with E-state index in [1.807, 2.05) is 5.51 Å². The zero-order valence-electron chi connectivity index (χ0n) is 11.9. The van der Waals surface area contributed by atoms with Crippen LogP contribution in [0.15, 0.2) is 35.2 Å². The van der Waals surface area contributed by atoms with E-state index in [-0.39, 0.29) is 6.10 Å². The maximum absolute atomic E-state index is 5.97. The summed E-state index contributed by atoms with van der Waals surface area (Å²) in [5.41, 5.74) is 4.46. The van der Waals surface area contributed by atoms with Crippen molar-refractivity contribution in [2.75, 3.05) is 0 Å². The number of hydrogen-bond acceptors (Lipinski definition) is 3. The molecule has 0 amide bonds. The Balaban J connectivity index is 1.57. The van der Waals surface area contributed by atoms with Gasteiger partial charge in [0.05, 0.1) is 11.2 Å². The molecule has 0 radical (unpaired) electrons. The minimum Gasteiger partial charge on any atom is -0.490 e. The average molecular weight is 287 g/mol. The average Bonchev–Trinajstić information content (AvgIpc) is 3.12. The molecule has 1 saturated carbocycles. The first-order valence-electron chi connectivity index (χ1n) is 7.45. The van der Waals surface area contributed by atoms with Gasteiger partial charge in [-0.1, -0.05) is 25.0 Å². The molecule has 0 aliphatic heterocycles. The van der Waals surface area contributed by atoms with Gasteiger partial charge in [-0.05, 0) is 43.4 Å². The van der Waals surface area contributed by atoms with Crippen molar-refractivity contribution in [1.82, 2.24) is 4.98 Å². The quantitative estimate of drug-likeness (QED) is 0.787. The zero-order valence-corrected chi connectivity index (χ0v) is 12.7. The summed E-state index contributed by atoms with van der Waals surface area (Å²) in [5.74, 6) is 1.74. The van der Waals surface area contributed by atoms with Crippen LogP contribution in [0.4, 0.5) is 0 Å². The molecule has 1 aliphatic carbocycles. The van der Waals surface area contributed by atoms with Crippen molar-refractivity contribution in [2.24, 2.45) is 0 Å². The summed E-state index contributed by atoms with van der Waals surface area (Å²) in [6, 6.07) is 8.71. The fourth-order valence-corrected chi connectivity index (χ4v) is 3.56. The molecule has 1 heterocycles. The number of hydrogen-bond donors (Lipinski definition) is 0. The smallest absolute Gasteiger partial charge is 0.119 e. The summed E-state index contributed by atoms with van der Waals surface area (Å²) in [7, 11) is 0. The van der Waals surface area contributed by atoms with Crippen LogP contribution < -0.4 is 4.74 Å². The van der Waals surface area contributed by atoms with Crippen LogP contribution in [0.25, 0.3) is 0 Å². The van der Waals surface area contributed by atoms with E-state index in [9.17, 15) is 0 Å². The van der Waals surface area contributed by atoms with Crippen molar-refractivity contribution in [3.63, 3.8) is 0 Å². The number of thiazole rings is 1. The second-order valence-electron chi connectivity index (χ2n) is 5.66. The van der Waals surface area contributed by atoms with Crippen LogP contribution in [0, 0.1) is 0 Å². The van der Waals surface area contributed by atoms with Gasteiger partial charge in [-0.2, -0.15) is 0 Å². The number of nitrogens with zero attached hydrogens (tertiary/aromatic N) is 1. The molecule has 1 fully saturated rings. The molecule has 1 unspecified atom stereocenters. The van der Waals surface area contributed by atoms with E-state index in [4.69, 9.17) is 4.74 Å². The van der Waals surface area contributed by atoms with Crippen LogP contribution >= 0.6 is 11.3 Å². The summed E-state index contributed by atoms with van der Waals surface area (Å²) in [5, 5.41) is 2.09. The molecular formula is C17H21NOS. The Kier molecular flexibility index (Phi) is 4.36. The van der Waals surface area contributed by atoms with Gasteiger partial charge in [0, 0.05) is 11.8 Å². The first-order valence-corrected chi connectivity index (χ1v) is 8.39. The van der Waals surface area contributed by atoms with Crippen LogP contribution in [0.3, 0.4) is 0 Å². The van der Waals surface area contributed by atoms with Crippen LogP contribution in [-0.4, -0.2) is 11.1 Å². The van der Waals surface area contributed by atoms with Gasteiger partial charge < -0.3 is 4.74 Å². The molecule has 1 atom stereocenters. The monoisotopic (exact) mass is 287 g/mol. The van der Waals surface area contributed by atoms with Crippen molar-refractivity contribution in [1.29, 1.82) is 0 Å². The van der Waals surface area contributed by atoms with Crippen molar-refractivity contribution < 1.29 is 4.74 Å². The SMILES string of the molecule is CC(Cc1cscn1)Oc1ccc(C2CCCC2)cc1. The van der Waals surface area contributed by atoms with E-state index in [1.165, 1.54) is 31.2 Å². The van der Waals surface area contributed by atoms with Gasteiger partial charge in [0.15, 0.2) is 0 Å². The Hall–Kier alpha value is -1.35. The van der Waals surface area contributed by atoms with Crippen LogP contribution in [0.1, 0.15) is 49.8 Å². The predicted octanol–water partition coefficient (Wildman–Crippen LogP) is 4.81. The highest BCUT2D eigenvalue weighted by atomic mass is 32.1. The minimum absolute atomic E-state index is 0.162. The molecule has 0 spiro atoms. The van der Waals surface area contributed by atoms with Gasteiger partial charge in [0.2, 0.25) is 0 Å². The zero-order chi connectivity index (χ0) is 13.8. The second-order valence-corrected chi connectivity index (χ2v) is 6.38. The van der Waals surface area contributed by atoms with Gasteiger partial charge in [0.1, 0.15) is 11.9 Å². The molecule has 0 bridgehead atoms. The summed E-state index contributed by atoms with van der Waals surface area (Å²) in [6.07, 6.45) is 6.49. The van der Waals surface area contributed by atoms with Gasteiger partial charge in [-0.3, -0.25) is 0 Å². The van der Waals surface area contributed by atoms with Gasteiger partial charge in [0.25, 0.3) is 0 Å². The lowest BCUT2D eigenvalue weighted by Gasteiger charge is -2.15. The third-order valence-electron chi connectivity index (χ3n) is 4.02. The van der Waals surface area contributed by atoms with Crippen LogP contribution in [0.2, 0.25) is 0 Å². The van der Waals surface area contributed by atoms with Gasteiger partial charge in [-0.15, -0.1) is 11.3 Å². The van der Waals surface area contributed by atoms with Crippen molar-refractivity contribution >= 4 is 11.3 Å². The first-order chi connectivity index (χ1) is 9.81. The van der Waals surface area contributed by atoms with E-state index < -0.39 is 0 Å². The fraction of sp³-hybridized carbons (Fsp3) is 0.471. The summed E-state index contributed by atoms with van der Waals surface area (Å²) < 4.78 is 5.97. The van der Waals surface area contributed by atoms with Gasteiger partial charge in [-0.25, -0.2) is 4.98 Å². The second kappa shape index (κ2) is 6.40. The molecule has 0 N–H and O–H groups in total. The Morgan fingerprint density at radius 1 is 1.25 bits per heavy atom. The maximum Gasteiger partial charge on any atom is 0.119 e. The number of ether oxygens (including phenoxy) is 1. The third-order valence-corrected chi connectivity index (χ3v) is 4.66. The lowest BCUT2D eigenvalue weighted by Crippen LogP contribution is -2.15. The van der Waals surface area contributed by atoms with E-state index in [0.29, 0.717) is 0 Å². The van der Waals surface area contributed by atoms with E-state index in [1.54, 1.807) is 11.3 Å². The Morgan fingerprint density at radius 3 is 2.65 bits per heavy atom. The lowest BCUT2D eigenvalue weighted by atomic mass is 9.98. The van der Waals surface area contributed by atoms with E-state index >= 15 is 0 Å². The highest BCUT2D eigenvalue weighted by Gasteiger charge is 2.16. The molecule has 3 rings (SSSR count). The van der Waals surface area contributed by atoms with Crippen LogP contribution in [0.5, 0.6) is 5.75 Å². The maximum atomic E-state index is 5.97. The molecule has 1 aromatic heterocycles. The molecule has 1 aromatic carbocycles. The molecule has 2 aromatic rings. The lowest BCUT2D eigenvalue weighted by molar-refractivity contribution is 0.221. The molecular weight excluding hydrogens is 266 g/mol. The summed E-state index contributed by atoms with van der Waals surface area (Å²) in [6.45, 7) is 2.10. The molecule has 1 aliphatic rings. The molecule has 106 valence electrons. The van der Waals surface area contributed by atoms with Crippen molar-refractivity contribution in [3.8, 4) is 5.75 Å². The first kappa shape index (κ1) is 13.6. The third kappa shape index (κ3) is 3.40. The minimum atomic E-state index is 0.162. The Bertz CT molecular complexity index is 514. The Labute approximate surface area is 124 Å². The Morgan fingerprint density at radius 2 is 2.00 bits per heavy atom.